The highest BCUT2D eigenvalue weighted by Crippen LogP contribution is 2.41. The minimum absolute atomic E-state index is 0.107. The van der Waals surface area contributed by atoms with Gasteiger partial charge in [-0.05, 0) is 23.3 Å². The quantitative estimate of drug-likeness (QED) is 0.519. The van der Waals surface area contributed by atoms with E-state index < -0.39 is 0 Å². The van der Waals surface area contributed by atoms with Crippen LogP contribution >= 0.6 is 0 Å². The molecule has 1 fully saturated rings. The zero-order chi connectivity index (χ0) is 16.1. The molecule has 1 saturated heterocycles. The first-order valence-electron chi connectivity index (χ1n) is 8.22. The second-order valence-corrected chi connectivity index (χ2v) is 6.41. The van der Waals surface area contributed by atoms with Gasteiger partial charge in [-0.3, -0.25) is 4.79 Å². The summed E-state index contributed by atoms with van der Waals surface area (Å²) in [5.41, 5.74) is 4.48. The number of hydrogen-bond acceptors (Lipinski definition) is 1. The Morgan fingerprint density at radius 1 is 0.792 bits per heavy atom. The summed E-state index contributed by atoms with van der Waals surface area (Å²) in [5, 5.41) is 5.39. The Kier molecular flexibility index (Phi) is 2.80. The van der Waals surface area contributed by atoms with Gasteiger partial charge >= 0.3 is 0 Å². The van der Waals surface area contributed by atoms with Gasteiger partial charge in [0.15, 0.2) is 0 Å². The largest absolute Gasteiger partial charge is 0.361 e. The number of para-hydroxylation sites is 2. The number of hydrogen-bond donors (Lipinski definition) is 3. The van der Waals surface area contributed by atoms with Crippen LogP contribution in [0.1, 0.15) is 23.0 Å². The second-order valence-electron chi connectivity index (χ2n) is 6.41. The summed E-state index contributed by atoms with van der Waals surface area (Å²) in [6.45, 7) is 0.671. The van der Waals surface area contributed by atoms with E-state index in [0.29, 0.717) is 6.54 Å². The molecule has 1 aliphatic heterocycles. The maximum Gasteiger partial charge on any atom is 0.228 e. The van der Waals surface area contributed by atoms with Crippen LogP contribution in [0, 0.1) is 0 Å². The van der Waals surface area contributed by atoms with E-state index in [2.05, 4.69) is 39.7 Å². The van der Waals surface area contributed by atoms with Crippen molar-refractivity contribution in [3.63, 3.8) is 0 Å². The van der Waals surface area contributed by atoms with Crippen molar-refractivity contribution in [2.24, 2.45) is 0 Å². The van der Waals surface area contributed by atoms with Crippen LogP contribution in [-0.2, 0) is 4.79 Å². The van der Waals surface area contributed by atoms with E-state index in [0.717, 1.165) is 22.0 Å². The number of rotatable bonds is 2. The average molecular weight is 315 g/mol. The molecule has 3 heterocycles. The molecule has 0 spiro atoms. The number of benzene rings is 2. The lowest BCUT2D eigenvalue weighted by molar-refractivity contribution is -0.120. The molecule has 0 unspecified atom stereocenters. The van der Waals surface area contributed by atoms with Crippen LogP contribution < -0.4 is 5.32 Å². The molecule has 0 saturated carbocycles. The fourth-order valence-electron chi connectivity index (χ4n) is 4.02. The molecule has 118 valence electrons. The molecule has 2 atom stereocenters. The standard InChI is InChI=1S/C20H17N3O/c24-20-19(15-10-22-18-8-4-2-6-13(15)18)16(11-23-20)14-9-21-17-7-3-1-5-12(14)17/h1-10,16,19,21-22H,11H2,(H,23,24)/t16-,19+/m1/s1. The lowest BCUT2D eigenvalue weighted by Crippen LogP contribution is -2.17. The summed E-state index contributed by atoms with van der Waals surface area (Å²) < 4.78 is 0. The Morgan fingerprint density at radius 3 is 2.08 bits per heavy atom. The van der Waals surface area contributed by atoms with Gasteiger partial charge in [0.05, 0.1) is 5.92 Å². The second kappa shape index (κ2) is 4.99. The number of carbonyl (C=O) groups excluding carboxylic acids is 1. The molecule has 4 heteroatoms. The van der Waals surface area contributed by atoms with E-state index in [4.69, 9.17) is 0 Å². The van der Waals surface area contributed by atoms with Crippen molar-refractivity contribution in [3.05, 3.63) is 72.1 Å². The smallest absolute Gasteiger partial charge is 0.228 e. The van der Waals surface area contributed by atoms with Crippen LogP contribution in [0.25, 0.3) is 21.8 Å². The molecule has 0 aliphatic carbocycles. The van der Waals surface area contributed by atoms with Gasteiger partial charge in [0.25, 0.3) is 0 Å². The van der Waals surface area contributed by atoms with E-state index in [9.17, 15) is 4.79 Å². The first-order valence-corrected chi connectivity index (χ1v) is 8.22. The Balaban J connectivity index is 1.67. The van der Waals surface area contributed by atoms with Gasteiger partial charge in [0.1, 0.15) is 0 Å². The molecular formula is C20H17N3O. The van der Waals surface area contributed by atoms with Gasteiger partial charge in [0.2, 0.25) is 5.91 Å². The maximum absolute atomic E-state index is 12.6. The van der Waals surface area contributed by atoms with Gasteiger partial charge in [-0.25, -0.2) is 0 Å². The third-order valence-corrected chi connectivity index (χ3v) is 5.16. The third kappa shape index (κ3) is 1.83. The van der Waals surface area contributed by atoms with Crippen LogP contribution in [0.4, 0.5) is 0 Å². The van der Waals surface area contributed by atoms with Crippen LogP contribution in [0.3, 0.4) is 0 Å². The molecular weight excluding hydrogens is 298 g/mol. The first kappa shape index (κ1) is 13.4. The summed E-state index contributed by atoms with van der Waals surface area (Å²) in [7, 11) is 0. The Bertz CT molecular complexity index is 1060. The summed E-state index contributed by atoms with van der Waals surface area (Å²) in [6, 6.07) is 16.4. The number of H-pyrrole nitrogens is 2. The monoisotopic (exact) mass is 315 g/mol. The van der Waals surface area contributed by atoms with Gasteiger partial charge in [-0.2, -0.15) is 0 Å². The van der Waals surface area contributed by atoms with Crippen LogP contribution in [0.5, 0.6) is 0 Å². The average Bonchev–Trinajstić information content (AvgIpc) is 3.31. The maximum atomic E-state index is 12.6. The van der Waals surface area contributed by atoms with Crippen molar-refractivity contribution in [2.75, 3.05) is 6.54 Å². The van der Waals surface area contributed by atoms with E-state index in [1.54, 1.807) is 0 Å². The molecule has 4 aromatic rings. The highest BCUT2D eigenvalue weighted by atomic mass is 16.2. The molecule has 0 bridgehead atoms. The zero-order valence-corrected chi connectivity index (χ0v) is 13.0. The summed E-state index contributed by atoms with van der Waals surface area (Å²) in [4.78, 5) is 19.3. The molecule has 2 aromatic carbocycles. The minimum Gasteiger partial charge on any atom is -0.361 e. The first-order chi connectivity index (χ1) is 11.8. The van der Waals surface area contributed by atoms with Crippen LogP contribution in [0.15, 0.2) is 60.9 Å². The lowest BCUT2D eigenvalue weighted by Gasteiger charge is -2.16. The number of nitrogens with one attached hydrogen (secondary N) is 3. The molecule has 1 amide bonds. The molecule has 0 radical (unpaired) electrons. The fraction of sp³-hybridized carbons (Fsp3) is 0.150. The Hall–Kier alpha value is -3.01. The van der Waals surface area contributed by atoms with E-state index in [-0.39, 0.29) is 17.7 Å². The normalized spacial score (nSPS) is 20.8. The van der Waals surface area contributed by atoms with Crippen molar-refractivity contribution in [2.45, 2.75) is 11.8 Å². The van der Waals surface area contributed by atoms with E-state index >= 15 is 0 Å². The topological polar surface area (TPSA) is 60.7 Å². The summed E-state index contributed by atoms with van der Waals surface area (Å²) in [5.74, 6) is 0.0725. The molecule has 3 N–H and O–H groups in total. The number of carbonyl (C=O) groups is 1. The van der Waals surface area contributed by atoms with Crippen molar-refractivity contribution in [3.8, 4) is 0 Å². The van der Waals surface area contributed by atoms with E-state index in [1.165, 1.54) is 10.9 Å². The number of aromatic amines is 2. The summed E-state index contributed by atoms with van der Waals surface area (Å²) >= 11 is 0. The third-order valence-electron chi connectivity index (χ3n) is 5.16. The lowest BCUT2D eigenvalue weighted by atomic mass is 9.83. The number of aromatic nitrogens is 2. The van der Waals surface area contributed by atoms with Gasteiger partial charge in [-0.15, -0.1) is 0 Å². The SMILES string of the molecule is O=C1NC[C@H](c2c[nH]c3ccccc23)[C@@H]1c1c[nH]c2ccccc12. The van der Waals surface area contributed by atoms with Crippen LogP contribution in [0.2, 0.25) is 0 Å². The van der Waals surface area contributed by atoms with Crippen molar-refractivity contribution in [1.29, 1.82) is 0 Å². The van der Waals surface area contributed by atoms with Gasteiger partial charge in [0, 0.05) is 46.7 Å². The van der Waals surface area contributed by atoms with Gasteiger partial charge in [-0.1, -0.05) is 36.4 Å². The summed E-state index contributed by atoms with van der Waals surface area (Å²) in [6.07, 6.45) is 4.04. The highest BCUT2D eigenvalue weighted by molar-refractivity contribution is 5.95. The fourth-order valence-corrected chi connectivity index (χ4v) is 4.02. The molecule has 1 aliphatic rings. The molecule has 24 heavy (non-hydrogen) atoms. The molecule has 2 aromatic heterocycles. The molecule has 5 rings (SSSR count). The number of fused-ring (bicyclic) bond motifs is 2. The van der Waals surface area contributed by atoms with Crippen molar-refractivity contribution in [1.82, 2.24) is 15.3 Å². The molecule has 4 nitrogen and oxygen atoms in total. The van der Waals surface area contributed by atoms with Crippen molar-refractivity contribution < 1.29 is 4.79 Å². The van der Waals surface area contributed by atoms with Crippen molar-refractivity contribution >= 4 is 27.7 Å². The predicted octanol–water partition coefficient (Wildman–Crippen LogP) is 3.65. The minimum atomic E-state index is -0.166. The Labute approximate surface area is 138 Å². The zero-order valence-electron chi connectivity index (χ0n) is 13.0. The van der Waals surface area contributed by atoms with Crippen LogP contribution in [-0.4, -0.2) is 22.4 Å². The van der Waals surface area contributed by atoms with Gasteiger partial charge < -0.3 is 15.3 Å². The highest BCUT2D eigenvalue weighted by Gasteiger charge is 2.39. The predicted molar refractivity (Wildman–Crippen MR) is 95.1 cm³/mol. The Morgan fingerprint density at radius 2 is 1.38 bits per heavy atom. The number of amides is 1. The van der Waals surface area contributed by atoms with E-state index in [1.807, 2.05) is 36.5 Å².